The first-order chi connectivity index (χ1) is 7.82. The Morgan fingerprint density at radius 3 is 2.41 bits per heavy atom. The van der Waals surface area contributed by atoms with Crippen LogP contribution >= 0.6 is 0 Å². The van der Waals surface area contributed by atoms with Gasteiger partial charge in [0.1, 0.15) is 5.75 Å². The molecule has 0 radical (unpaired) electrons. The second-order valence-corrected chi connectivity index (χ2v) is 3.60. The summed E-state index contributed by atoms with van der Waals surface area (Å²) in [5, 5.41) is 18.1. The fourth-order valence-corrected chi connectivity index (χ4v) is 1.49. The van der Waals surface area contributed by atoms with E-state index in [-0.39, 0.29) is 16.9 Å². The van der Waals surface area contributed by atoms with Gasteiger partial charge in [-0.2, -0.15) is 8.78 Å². The van der Waals surface area contributed by atoms with Crippen LogP contribution in [-0.2, 0) is 4.79 Å². The van der Waals surface area contributed by atoms with Crippen molar-refractivity contribution in [3.63, 3.8) is 0 Å². The number of hydrogen-bond acceptors (Lipinski definition) is 3. The molecule has 0 heterocycles. The van der Waals surface area contributed by atoms with Gasteiger partial charge in [0.15, 0.2) is 6.10 Å². The maximum Gasteiger partial charge on any atom is 0.387 e. The van der Waals surface area contributed by atoms with Crippen LogP contribution in [0.4, 0.5) is 8.78 Å². The zero-order valence-corrected chi connectivity index (χ0v) is 9.28. The SMILES string of the molecule is Cc1cc(OC(F)F)c(C)c(C(O)C(=O)O)c1. The van der Waals surface area contributed by atoms with Crippen LogP contribution < -0.4 is 4.74 Å². The topological polar surface area (TPSA) is 66.8 Å². The van der Waals surface area contributed by atoms with Crippen LogP contribution in [0.15, 0.2) is 12.1 Å². The highest BCUT2D eigenvalue weighted by Crippen LogP contribution is 2.29. The van der Waals surface area contributed by atoms with Gasteiger partial charge in [0.25, 0.3) is 0 Å². The van der Waals surface area contributed by atoms with Crippen LogP contribution in [0.2, 0.25) is 0 Å². The molecule has 1 unspecified atom stereocenters. The number of carboxylic acid groups (broad SMARTS) is 1. The highest BCUT2D eigenvalue weighted by atomic mass is 19.3. The molecule has 0 aromatic heterocycles. The average Bonchev–Trinajstić information content (AvgIpc) is 2.21. The third kappa shape index (κ3) is 3.13. The number of aliphatic hydroxyl groups excluding tert-OH is 1. The van der Waals surface area contributed by atoms with Crippen molar-refractivity contribution in [2.45, 2.75) is 26.6 Å². The molecule has 0 fully saturated rings. The fraction of sp³-hybridized carbons (Fsp3) is 0.364. The molecule has 0 aliphatic rings. The molecule has 0 spiro atoms. The number of aliphatic hydroxyl groups is 1. The van der Waals surface area contributed by atoms with Gasteiger partial charge in [-0.1, -0.05) is 6.07 Å². The number of hydrogen-bond donors (Lipinski definition) is 2. The smallest absolute Gasteiger partial charge is 0.387 e. The van der Waals surface area contributed by atoms with Crippen molar-refractivity contribution in [3.8, 4) is 5.75 Å². The Labute approximate surface area is 96.5 Å². The van der Waals surface area contributed by atoms with Gasteiger partial charge in [0, 0.05) is 0 Å². The van der Waals surface area contributed by atoms with Gasteiger partial charge in [0.2, 0.25) is 0 Å². The van der Waals surface area contributed by atoms with E-state index in [2.05, 4.69) is 4.74 Å². The van der Waals surface area contributed by atoms with Crippen LogP contribution in [0.25, 0.3) is 0 Å². The minimum absolute atomic E-state index is 0.0492. The largest absolute Gasteiger partial charge is 0.479 e. The van der Waals surface area contributed by atoms with Crippen molar-refractivity contribution < 1.29 is 28.5 Å². The van der Waals surface area contributed by atoms with E-state index in [9.17, 15) is 18.7 Å². The molecule has 0 saturated heterocycles. The van der Waals surface area contributed by atoms with Crippen LogP contribution in [0.1, 0.15) is 22.8 Å². The predicted molar refractivity (Wildman–Crippen MR) is 55.1 cm³/mol. The molecular weight excluding hydrogens is 234 g/mol. The fourth-order valence-electron chi connectivity index (χ4n) is 1.49. The van der Waals surface area contributed by atoms with E-state index in [0.717, 1.165) is 0 Å². The number of ether oxygens (including phenoxy) is 1. The van der Waals surface area contributed by atoms with Crippen molar-refractivity contribution in [1.82, 2.24) is 0 Å². The van der Waals surface area contributed by atoms with Crippen molar-refractivity contribution >= 4 is 5.97 Å². The number of aryl methyl sites for hydroxylation is 1. The number of aliphatic carboxylic acids is 1. The van der Waals surface area contributed by atoms with E-state index in [0.29, 0.717) is 5.56 Å². The first kappa shape index (κ1) is 13.4. The van der Waals surface area contributed by atoms with E-state index in [4.69, 9.17) is 5.11 Å². The van der Waals surface area contributed by atoms with Gasteiger partial charge in [0.05, 0.1) is 0 Å². The quantitative estimate of drug-likeness (QED) is 0.852. The minimum atomic E-state index is -3.00. The first-order valence-corrected chi connectivity index (χ1v) is 4.79. The molecule has 0 aliphatic heterocycles. The van der Waals surface area contributed by atoms with Crippen molar-refractivity contribution in [3.05, 3.63) is 28.8 Å². The maximum absolute atomic E-state index is 12.1. The molecule has 0 aliphatic carbocycles. The molecule has 94 valence electrons. The van der Waals surface area contributed by atoms with Crippen LogP contribution in [0.5, 0.6) is 5.75 Å². The zero-order chi connectivity index (χ0) is 13.2. The Hall–Kier alpha value is -1.69. The number of halogens is 2. The summed E-state index contributed by atoms with van der Waals surface area (Å²) in [5.74, 6) is -1.57. The normalized spacial score (nSPS) is 12.6. The predicted octanol–water partition coefficient (Wildman–Crippen LogP) is 2.02. The molecule has 1 aromatic rings. The van der Waals surface area contributed by atoms with E-state index in [1.165, 1.54) is 19.1 Å². The molecule has 6 heteroatoms. The van der Waals surface area contributed by atoms with Gasteiger partial charge in [-0.05, 0) is 36.6 Å². The summed E-state index contributed by atoms with van der Waals surface area (Å²) in [4.78, 5) is 10.7. The molecule has 4 nitrogen and oxygen atoms in total. The summed E-state index contributed by atoms with van der Waals surface area (Å²) < 4.78 is 28.5. The Bertz CT molecular complexity index is 432. The lowest BCUT2D eigenvalue weighted by molar-refractivity contribution is -0.147. The molecule has 0 saturated carbocycles. The summed E-state index contributed by atoms with van der Waals surface area (Å²) in [6, 6.07) is 2.78. The van der Waals surface area contributed by atoms with Gasteiger partial charge in [-0.3, -0.25) is 0 Å². The number of carbonyl (C=O) groups is 1. The molecule has 0 amide bonds. The lowest BCUT2D eigenvalue weighted by Crippen LogP contribution is -2.13. The standard InChI is InChI=1S/C11H12F2O4/c1-5-3-7(9(14)10(15)16)6(2)8(4-5)17-11(12)13/h3-4,9,11,14H,1-2H3,(H,15,16). The van der Waals surface area contributed by atoms with Crippen LogP contribution in [-0.4, -0.2) is 22.8 Å². The number of carboxylic acids is 1. The number of alkyl halides is 2. The Morgan fingerprint density at radius 1 is 1.35 bits per heavy atom. The van der Waals surface area contributed by atoms with E-state index in [1.807, 2.05) is 0 Å². The van der Waals surface area contributed by atoms with Crippen molar-refractivity contribution in [1.29, 1.82) is 0 Å². The zero-order valence-electron chi connectivity index (χ0n) is 9.28. The second kappa shape index (κ2) is 5.09. The van der Waals surface area contributed by atoms with Gasteiger partial charge >= 0.3 is 12.6 Å². The van der Waals surface area contributed by atoms with Gasteiger partial charge in [-0.15, -0.1) is 0 Å². The lowest BCUT2D eigenvalue weighted by Gasteiger charge is -2.15. The number of rotatable bonds is 4. The number of benzene rings is 1. The summed E-state index contributed by atoms with van der Waals surface area (Å²) >= 11 is 0. The Balaban J connectivity index is 3.23. The lowest BCUT2D eigenvalue weighted by atomic mass is 10.00. The molecule has 2 N–H and O–H groups in total. The summed E-state index contributed by atoms with van der Waals surface area (Å²) in [6.07, 6.45) is -1.75. The summed E-state index contributed by atoms with van der Waals surface area (Å²) in [5.41, 5.74) is 0.764. The summed E-state index contributed by atoms with van der Waals surface area (Å²) in [6.45, 7) is 0.0133. The maximum atomic E-state index is 12.1. The molecule has 0 bridgehead atoms. The molecule has 1 aromatic carbocycles. The molecular formula is C11H12F2O4. The van der Waals surface area contributed by atoms with Crippen molar-refractivity contribution in [2.24, 2.45) is 0 Å². The van der Waals surface area contributed by atoms with E-state index >= 15 is 0 Å². The minimum Gasteiger partial charge on any atom is -0.479 e. The van der Waals surface area contributed by atoms with Crippen molar-refractivity contribution in [2.75, 3.05) is 0 Å². The van der Waals surface area contributed by atoms with Crippen LogP contribution in [0.3, 0.4) is 0 Å². The monoisotopic (exact) mass is 246 g/mol. The molecule has 1 rings (SSSR count). The third-order valence-corrected chi connectivity index (χ3v) is 2.29. The highest BCUT2D eigenvalue weighted by Gasteiger charge is 2.21. The van der Waals surface area contributed by atoms with E-state index < -0.39 is 18.7 Å². The molecule has 17 heavy (non-hydrogen) atoms. The summed E-state index contributed by atoms with van der Waals surface area (Å²) in [7, 11) is 0. The first-order valence-electron chi connectivity index (χ1n) is 4.79. The molecule has 1 atom stereocenters. The Morgan fingerprint density at radius 2 is 1.94 bits per heavy atom. The second-order valence-electron chi connectivity index (χ2n) is 3.60. The Kier molecular flexibility index (Phi) is 4.01. The van der Waals surface area contributed by atoms with Crippen LogP contribution in [0, 0.1) is 13.8 Å². The van der Waals surface area contributed by atoms with E-state index in [1.54, 1.807) is 6.92 Å². The average molecular weight is 246 g/mol. The van der Waals surface area contributed by atoms with Gasteiger partial charge < -0.3 is 14.9 Å². The highest BCUT2D eigenvalue weighted by molar-refractivity contribution is 5.75. The van der Waals surface area contributed by atoms with Gasteiger partial charge in [-0.25, -0.2) is 4.79 Å². The third-order valence-electron chi connectivity index (χ3n) is 2.29.